The molecule has 0 unspecified atom stereocenters. The van der Waals surface area contributed by atoms with Gasteiger partial charge < -0.3 is 5.32 Å². The maximum absolute atomic E-state index is 14.4. The highest BCUT2D eigenvalue weighted by Gasteiger charge is 2.12. The van der Waals surface area contributed by atoms with E-state index in [1.165, 1.54) is 6.07 Å². The number of nitrogens with one attached hydrogen (secondary N) is 1. The number of aromatic nitrogens is 1. The van der Waals surface area contributed by atoms with Crippen LogP contribution in [-0.2, 0) is 0 Å². The van der Waals surface area contributed by atoms with E-state index in [-0.39, 0.29) is 5.82 Å². The van der Waals surface area contributed by atoms with Gasteiger partial charge in [0, 0.05) is 29.1 Å². The Morgan fingerprint density at radius 1 is 1.10 bits per heavy atom. The summed E-state index contributed by atoms with van der Waals surface area (Å²) in [6, 6.07) is 14.8. The second-order valence-corrected chi connectivity index (χ2v) is 4.72. The SMILES string of the molecule is C=CCNc1ncc(-c2ccccc2)c2c(F)cccc12. The topological polar surface area (TPSA) is 24.9 Å². The van der Waals surface area contributed by atoms with Crippen LogP contribution >= 0.6 is 0 Å². The normalized spacial score (nSPS) is 10.5. The standard InChI is InChI=1S/C18H15FN2/c1-2-11-20-18-14-9-6-10-16(19)17(14)15(12-21-18)13-7-4-3-5-8-13/h2-10,12H,1,11H2,(H,20,21). The summed E-state index contributed by atoms with van der Waals surface area (Å²) >= 11 is 0. The van der Waals surface area contributed by atoms with Gasteiger partial charge in [-0.1, -0.05) is 48.5 Å². The van der Waals surface area contributed by atoms with Gasteiger partial charge in [-0.15, -0.1) is 6.58 Å². The summed E-state index contributed by atoms with van der Waals surface area (Å²) in [4.78, 5) is 4.44. The van der Waals surface area contributed by atoms with E-state index in [1.807, 2.05) is 36.4 Å². The molecule has 3 aromatic rings. The van der Waals surface area contributed by atoms with Gasteiger partial charge in [-0.25, -0.2) is 9.37 Å². The van der Waals surface area contributed by atoms with E-state index >= 15 is 0 Å². The Hall–Kier alpha value is -2.68. The van der Waals surface area contributed by atoms with E-state index in [0.717, 1.165) is 16.5 Å². The third kappa shape index (κ3) is 2.50. The van der Waals surface area contributed by atoms with Gasteiger partial charge in [-0.05, 0) is 11.6 Å². The quantitative estimate of drug-likeness (QED) is 0.703. The first-order valence-corrected chi connectivity index (χ1v) is 6.78. The van der Waals surface area contributed by atoms with E-state index in [0.29, 0.717) is 17.7 Å². The molecule has 21 heavy (non-hydrogen) atoms. The van der Waals surface area contributed by atoms with Gasteiger partial charge >= 0.3 is 0 Å². The Kier molecular flexibility index (Phi) is 3.65. The molecule has 1 aromatic heterocycles. The van der Waals surface area contributed by atoms with Crippen LogP contribution in [0.5, 0.6) is 0 Å². The zero-order valence-corrected chi connectivity index (χ0v) is 11.5. The summed E-state index contributed by atoms with van der Waals surface area (Å²) in [6.45, 7) is 4.26. The van der Waals surface area contributed by atoms with Crippen LogP contribution < -0.4 is 5.32 Å². The van der Waals surface area contributed by atoms with E-state index < -0.39 is 0 Å². The van der Waals surface area contributed by atoms with Gasteiger partial charge in [-0.3, -0.25) is 0 Å². The fourth-order valence-corrected chi connectivity index (χ4v) is 2.40. The minimum absolute atomic E-state index is 0.240. The second-order valence-electron chi connectivity index (χ2n) is 4.72. The minimum atomic E-state index is -0.240. The molecule has 0 fully saturated rings. The molecular formula is C18H15FN2. The van der Waals surface area contributed by atoms with Crippen molar-refractivity contribution in [3.8, 4) is 11.1 Å². The second kappa shape index (κ2) is 5.75. The average molecular weight is 278 g/mol. The predicted octanol–water partition coefficient (Wildman–Crippen LogP) is 4.64. The smallest absolute Gasteiger partial charge is 0.134 e. The molecule has 1 heterocycles. The van der Waals surface area contributed by atoms with Gasteiger partial charge in [0.25, 0.3) is 0 Å². The highest BCUT2D eigenvalue weighted by Crippen LogP contribution is 2.33. The van der Waals surface area contributed by atoms with Crippen molar-refractivity contribution in [3.05, 3.63) is 73.2 Å². The first-order chi connectivity index (χ1) is 10.3. The van der Waals surface area contributed by atoms with Crippen LogP contribution in [0.2, 0.25) is 0 Å². The summed E-state index contributed by atoms with van der Waals surface area (Å²) < 4.78 is 14.4. The number of anilines is 1. The zero-order valence-electron chi connectivity index (χ0n) is 11.5. The van der Waals surface area contributed by atoms with E-state index in [4.69, 9.17) is 0 Å². The van der Waals surface area contributed by atoms with E-state index in [9.17, 15) is 4.39 Å². The van der Waals surface area contributed by atoms with Crippen molar-refractivity contribution in [2.45, 2.75) is 0 Å². The summed E-state index contributed by atoms with van der Waals surface area (Å²) in [5.41, 5.74) is 1.75. The highest BCUT2D eigenvalue weighted by atomic mass is 19.1. The summed E-state index contributed by atoms with van der Waals surface area (Å²) in [5.74, 6) is 0.430. The number of fused-ring (bicyclic) bond motifs is 1. The molecule has 0 atom stereocenters. The average Bonchev–Trinajstić information content (AvgIpc) is 2.54. The van der Waals surface area contributed by atoms with Crippen molar-refractivity contribution in [1.82, 2.24) is 4.98 Å². The van der Waals surface area contributed by atoms with Crippen molar-refractivity contribution in [2.24, 2.45) is 0 Å². The molecule has 0 aliphatic carbocycles. The Balaban J connectivity index is 2.26. The molecule has 0 spiro atoms. The fraction of sp³-hybridized carbons (Fsp3) is 0.0556. The van der Waals surface area contributed by atoms with Crippen LogP contribution in [0.3, 0.4) is 0 Å². The lowest BCUT2D eigenvalue weighted by atomic mass is 10.00. The molecule has 0 bridgehead atoms. The summed E-state index contributed by atoms with van der Waals surface area (Å²) in [5, 5.41) is 4.51. The maximum Gasteiger partial charge on any atom is 0.134 e. The van der Waals surface area contributed by atoms with Gasteiger partial charge in [0.2, 0.25) is 0 Å². The molecular weight excluding hydrogens is 263 g/mol. The number of halogens is 1. The van der Waals surface area contributed by atoms with E-state index in [2.05, 4.69) is 16.9 Å². The third-order valence-electron chi connectivity index (χ3n) is 3.36. The molecule has 0 amide bonds. The van der Waals surface area contributed by atoms with Crippen molar-refractivity contribution in [2.75, 3.05) is 11.9 Å². The van der Waals surface area contributed by atoms with Crippen LogP contribution in [0, 0.1) is 5.82 Å². The summed E-state index contributed by atoms with van der Waals surface area (Å²) in [7, 11) is 0. The number of nitrogens with zero attached hydrogens (tertiary/aromatic N) is 1. The van der Waals surface area contributed by atoms with Crippen molar-refractivity contribution in [3.63, 3.8) is 0 Å². The van der Waals surface area contributed by atoms with Crippen LogP contribution in [0.1, 0.15) is 0 Å². The largest absolute Gasteiger partial charge is 0.366 e. The van der Waals surface area contributed by atoms with Gasteiger partial charge in [0.15, 0.2) is 0 Å². The number of pyridine rings is 1. The first kappa shape index (κ1) is 13.3. The number of hydrogen-bond acceptors (Lipinski definition) is 2. The van der Waals surface area contributed by atoms with Gasteiger partial charge in [-0.2, -0.15) is 0 Å². The first-order valence-electron chi connectivity index (χ1n) is 6.78. The maximum atomic E-state index is 14.4. The van der Waals surface area contributed by atoms with E-state index in [1.54, 1.807) is 18.3 Å². The van der Waals surface area contributed by atoms with Crippen molar-refractivity contribution < 1.29 is 4.39 Å². The summed E-state index contributed by atoms with van der Waals surface area (Å²) in [6.07, 6.45) is 3.46. The number of hydrogen-bond donors (Lipinski definition) is 1. The van der Waals surface area contributed by atoms with Crippen molar-refractivity contribution >= 4 is 16.6 Å². The van der Waals surface area contributed by atoms with Crippen LogP contribution in [0.25, 0.3) is 21.9 Å². The molecule has 0 radical (unpaired) electrons. The molecule has 0 saturated carbocycles. The van der Waals surface area contributed by atoms with Crippen LogP contribution in [0.15, 0.2) is 67.4 Å². The highest BCUT2D eigenvalue weighted by molar-refractivity contribution is 6.02. The number of benzene rings is 2. The zero-order chi connectivity index (χ0) is 14.7. The minimum Gasteiger partial charge on any atom is -0.366 e. The number of rotatable bonds is 4. The molecule has 3 rings (SSSR count). The van der Waals surface area contributed by atoms with Crippen molar-refractivity contribution in [1.29, 1.82) is 0 Å². The van der Waals surface area contributed by atoms with Crippen LogP contribution in [0.4, 0.5) is 10.2 Å². The Morgan fingerprint density at radius 2 is 1.90 bits per heavy atom. The molecule has 2 aromatic carbocycles. The Labute approximate surface area is 123 Å². The fourth-order valence-electron chi connectivity index (χ4n) is 2.40. The van der Waals surface area contributed by atoms with Gasteiger partial charge in [0.05, 0.1) is 0 Å². The molecule has 104 valence electrons. The molecule has 0 aliphatic heterocycles. The van der Waals surface area contributed by atoms with Gasteiger partial charge in [0.1, 0.15) is 11.6 Å². The molecule has 0 aliphatic rings. The molecule has 0 saturated heterocycles. The monoisotopic (exact) mass is 278 g/mol. The lowest BCUT2D eigenvalue weighted by Gasteiger charge is -2.12. The third-order valence-corrected chi connectivity index (χ3v) is 3.36. The molecule has 2 nitrogen and oxygen atoms in total. The van der Waals surface area contributed by atoms with Crippen LogP contribution in [-0.4, -0.2) is 11.5 Å². The lowest BCUT2D eigenvalue weighted by molar-refractivity contribution is 0.640. The lowest BCUT2D eigenvalue weighted by Crippen LogP contribution is -2.02. The Morgan fingerprint density at radius 3 is 2.67 bits per heavy atom. The predicted molar refractivity (Wildman–Crippen MR) is 85.8 cm³/mol. The Bertz CT molecular complexity index is 782. The molecule has 3 heteroatoms. The molecule has 1 N–H and O–H groups in total.